The molecule has 0 saturated carbocycles. The van der Waals surface area contributed by atoms with Crippen molar-refractivity contribution in [3.63, 3.8) is 0 Å². The maximum Gasteiger partial charge on any atom is 0.0273 e. The van der Waals surface area contributed by atoms with Gasteiger partial charge in [0.2, 0.25) is 0 Å². The van der Waals surface area contributed by atoms with Crippen molar-refractivity contribution in [3.05, 3.63) is 35.7 Å². The van der Waals surface area contributed by atoms with Gasteiger partial charge in [-0.2, -0.15) is 0 Å². The van der Waals surface area contributed by atoms with Crippen LogP contribution >= 0.6 is 24.8 Å². The molecule has 78 valence electrons. The topological polar surface area (TPSA) is 24.9 Å². The molecule has 1 aromatic rings. The van der Waals surface area contributed by atoms with Crippen LogP contribution < -0.4 is 5.32 Å². The van der Waals surface area contributed by atoms with Crippen LogP contribution in [0.3, 0.4) is 0 Å². The van der Waals surface area contributed by atoms with E-state index in [9.17, 15) is 0 Å². The second-order valence-electron chi connectivity index (χ2n) is 3.01. The highest BCUT2D eigenvalue weighted by Gasteiger charge is 2.04. The molecule has 4 heteroatoms. The zero-order valence-electron chi connectivity index (χ0n) is 7.77. The van der Waals surface area contributed by atoms with Crippen LogP contribution in [0.4, 0.5) is 0 Å². The van der Waals surface area contributed by atoms with E-state index >= 15 is 0 Å². The summed E-state index contributed by atoms with van der Waals surface area (Å²) in [4.78, 5) is 3.98. The summed E-state index contributed by atoms with van der Waals surface area (Å²) in [6.07, 6.45) is 7.08. The van der Waals surface area contributed by atoms with Gasteiger partial charge in [-0.3, -0.25) is 4.98 Å². The third kappa shape index (κ3) is 3.66. The smallest absolute Gasteiger partial charge is 0.0273 e. The van der Waals surface area contributed by atoms with E-state index in [-0.39, 0.29) is 24.8 Å². The number of halogens is 2. The minimum Gasteiger partial charge on any atom is -0.313 e. The summed E-state index contributed by atoms with van der Waals surface area (Å²) >= 11 is 0. The predicted octanol–water partition coefficient (Wildman–Crippen LogP) is 2.30. The molecule has 0 spiro atoms. The van der Waals surface area contributed by atoms with Crippen LogP contribution in [-0.4, -0.2) is 18.1 Å². The minimum atomic E-state index is 0. The number of hydrogen-bond acceptors (Lipinski definition) is 2. The molecule has 1 N–H and O–H groups in total. The Labute approximate surface area is 96.6 Å². The molecule has 0 unspecified atom stereocenters. The molecule has 1 fully saturated rings. The summed E-state index contributed by atoms with van der Waals surface area (Å²) < 4.78 is 0. The van der Waals surface area contributed by atoms with Crippen LogP contribution in [0.25, 0.3) is 6.08 Å². The minimum absolute atomic E-state index is 0. The first-order valence-electron chi connectivity index (χ1n) is 4.25. The molecular formula is C10H14Cl2N2. The molecule has 0 amide bonds. The second-order valence-corrected chi connectivity index (χ2v) is 3.01. The van der Waals surface area contributed by atoms with Crippen LogP contribution in [-0.2, 0) is 0 Å². The zero-order valence-corrected chi connectivity index (χ0v) is 9.40. The van der Waals surface area contributed by atoms with E-state index in [4.69, 9.17) is 0 Å². The van der Waals surface area contributed by atoms with E-state index < -0.39 is 0 Å². The molecule has 1 aliphatic heterocycles. The van der Waals surface area contributed by atoms with E-state index in [1.54, 1.807) is 0 Å². The molecular weight excluding hydrogens is 219 g/mol. The summed E-state index contributed by atoms with van der Waals surface area (Å²) in [6, 6.07) is 4.07. The maximum absolute atomic E-state index is 3.98. The Morgan fingerprint density at radius 2 is 1.93 bits per heavy atom. The molecule has 2 heterocycles. The van der Waals surface area contributed by atoms with Crippen molar-refractivity contribution in [1.82, 2.24) is 10.3 Å². The summed E-state index contributed by atoms with van der Waals surface area (Å²) in [6.45, 7) is 2.17. The first kappa shape index (κ1) is 13.4. The first-order chi connectivity index (χ1) is 5.95. The normalized spacial score (nSPS) is 17.3. The van der Waals surface area contributed by atoms with Gasteiger partial charge in [0.15, 0.2) is 0 Å². The third-order valence-corrected chi connectivity index (χ3v) is 2.05. The second kappa shape index (κ2) is 6.82. The van der Waals surface area contributed by atoms with Gasteiger partial charge in [-0.05, 0) is 30.7 Å². The van der Waals surface area contributed by atoms with Gasteiger partial charge in [-0.15, -0.1) is 24.8 Å². The van der Waals surface area contributed by atoms with Gasteiger partial charge in [-0.1, -0.05) is 11.6 Å². The number of rotatable bonds is 1. The molecule has 1 aliphatic rings. The lowest BCUT2D eigenvalue weighted by atomic mass is 10.1. The fraction of sp³-hybridized carbons (Fsp3) is 0.300. The van der Waals surface area contributed by atoms with Gasteiger partial charge < -0.3 is 5.32 Å². The van der Waals surface area contributed by atoms with Gasteiger partial charge in [0.05, 0.1) is 0 Å². The molecule has 0 atom stereocenters. The van der Waals surface area contributed by atoms with Gasteiger partial charge in [0, 0.05) is 18.9 Å². The van der Waals surface area contributed by atoms with Crippen molar-refractivity contribution in [2.45, 2.75) is 6.42 Å². The lowest BCUT2D eigenvalue weighted by molar-refractivity contribution is 0.862. The number of nitrogens with zero attached hydrogens (tertiary/aromatic N) is 1. The molecule has 2 rings (SSSR count). The van der Waals surface area contributed by atoms with E-state index in [0.29, 0.717) is 0 Å². The molecule has 14 heavy (non-hydrogen) atoms. The zero-order chi connectivity index (χ0) is 8.23. The Balaban J connectivity index is 0.000000845. The SMILES string of the molecule is C(=C1\CCNC1)/c1ccncc1.Cl.Cl. The molecule has 2 nitrogen and oxygen atoms in total. The largest absolute Gasteiger partial charge is 0.313 e. The Kier molecular flexibility index (Phi) is 6.54. The highest BCUT2D eigenvalue weighted by atomic mass is 35.5. The van der Waals surface area contributed by atoms with Crippen LogP contribution in [0.5, 0.6) is 0 Å². The average molecular weight is 233 g/mol. The van der Waals surface area contributed by atoms with Crippen molar-refractivity contribution in [1.29, 1.82) is 0 Å². The lowest BCUT2D eigenvalue weighted by Gasteiger charge is -1.94. The molecule has 1 saturated heterocycles. The standard InChI is InChI=1S/C10H12N2.2ClH/c1-4-11-5-2-9(1)7-10-3-6-12-8-10;;/h1-2,4-5,7,12H,3,6,8H2;2*1H/b10-7-;;. The Hall–Kier alpha value is -0.570. The van der Waals surface area contributed by atoms with Crippen LogP contribution in [0, 0.1) is 0 Å². The molecule has 0 aromatic carbocycles. The fourth-order valence-electron chi connectivity index (χ4n) is 1.40. The molecule has 0 aliphatic carbocycles. The van der Waals surface area contributed by atoms with E-state index in [0.717, 1.165) is 13.1 Å². The van der Waals surface area contributed by atoms with Crippen LogP contribution in [0.1, 0.15) is 12.0 Å². The first-order valence-corrected chi connectivity index (χ1v) is 4.25. The maximum atomic E-state index is 3.98. The van der Waals surface area contributed by atoms with E-state index in [1.165, 1.54) is 17.6 Å². The number of hydrogen-bond donors (Lipinski definition) is 1. The van der Waals surface area contributed by atoms with Crippen molar-refractivity contribution in [3.8, 4) is 0 Å². The Bertz CT molecular complexity index is 277. The van der Waals surface area contributed by atoms with Crippen molar-refractivity contribution in [2.75, 3.05) is 13.1 Å². The summed E-state index contributed by atoms with van der Waals surface area (Å²) in [5.41, 5.74) is 2.74. The third-order valence-electron chi connectivity index (χ3n) is 2.05. The molecule has 1 aromatic heterocycles. The van der Waals surface area contributed by atoms with Crippen molar-refractivity contribution >= 4 is 30.9 Å². The van der Waals surface area contributed by atoms with E-state index in [1.807, 2.05) is 24.5 Å². The predicted molar refractivity (Wildman–Crippen MR) is 64.2 cm³/mol. The highest BCUT2D eigenvalue weighted by molar-refractivity contribution is 5.85. The lowest BCUT2D eigenvalue weighted by Crippen LogP contribution is -2.04. The summed E-state index contributed by atoms with van der Waals surface area (Å²) in [5, 5.41) is 3.31. The summed E-state index contributed by atoms with van der Waals surface area (Å²) in [5.74, 6) is 0. The Morgan fingerprint density at radius 3 is 2.50 bits per heavy atom. The van der Waals surface area contributed by atoms with Crippen molar-refractivity contribution < 1.29 is 0 Å². The summed E-state index contributed by atoms with van der Waals surface area (Å²) in [7, 11) is 0. The van der Waals surface area contributed by atoms with Crippen LogP contribution in [0.2, 0.25) is 0 Å². The monoisotopic (exact) mass is 232 g/mol. The fourth-order valence-corrected chi connectivity index (χ4v) is 1.40. The van der Waals surface area contributed by atoms with Gasteiger partial charge in [0.25, 0.3) is 0 Å². The van der Waals surface area contributed by atoms with E-state index in [2.05, 4.69) is 16.4 Å². The highest BCUT2D eigenvalue weighted by Crippen LogP contribution is 2.11. The van der Waals surface area contributed by atoms with Gasteiger partial charge in [-0.25, -0.2) is 0 Å². The molecule has 0 bridgehead atoms. The Morgan fingerprint density at radius 1 is 1.21 bits per heavy atom. The molecule has 0 radical (unpaired) electrons. The van der Waals surface area contributed by atoms with Crippen molar-refractivity contribution in [2.24, 2.45) is 0 Å². The number of aromatic nitrogens is 1. The van der Waals surface area contributed by atoms with Crippen LogP contribution in [0.15, 0.2) is 30.1 Å². The number of nitrogens with one attached hydrogen (secondary N) is 1. The quantitative estimate of drug-likeness (QED) is 0.805. The number of pyridine rings is 1. The van der Waals surface area contributed by atoms with Gasteiger partial charge >= 0.3 is 0 Å². The van der Waals surface area contributed by atoms with Gasteiger partial charge in [0.1, 0.15) is 0 Å². The average Bonchev–Trinajstić information content (AvgIpc) is 2.59.